The lowest BCUT2D eigenvalue weighted by Gasteiger charge is -2.13. The topological polar surface area (TPSA) is 108 Å². The Morgan fingerprint density at radius 3 is 2.45 bits per heavy atom. The molecule has 0 bridgehead atoms. The van der Waals surface area contributed by atoms with Crippen LogP contribution in [0.1, 0.15) is 13.3 Å². The van der Waals surface area contributed by atoms with Crippen LogP contribution in [-0.4, -0.2) is 40.5 Å². The number of rotatable bonds is 9. The SMILES string of the molecule is CC(=O)Nc1ccc(Nc2cc(-c3cccc(OC(F)(F)F)c3)nc(NCCCO)n2)cc1. The lowest BCUT2D eigenvalue weighted by atomic mass is 10.1. The number of aromatic nitrogens is 2. The number of nitrogens with zero attached hydrogens (tertiary/aromatic N) is 2. The van der Waals surface area contributed by atoms with Crippen molar-refractivity contribution < 1.29 is 27.8 Å². The van der Waals surface area contributed by atoms with E-state index in [1.165, 1.54) is 25.1 Å². The van der Waals surface area contributed by atoms with Crippen LogP contribution in [0.5, 0.6) is 5.75 Å². The smallest absolute Gasteiger partial charge is 0.406 e. The second kappa shape index (κ2) is 10.6. The van der Waals surface area contributed by atoms with Crippen molar-refractivity contribution in [2.45, 2.75) is 19.7 Å². The van der Waals surface area contributed by atoms with Gasteiger partial charge in [-0.2, -0.15) is 4.98 Å². The fourth-order valence-electron chi connectivity index (χ4n) is 2.86. The first-order valence-electron chi connectivity index (χ1n) is 9.96. The highest BCUT2D eigenvalue weighted by Gasteiger charge is 2.31. The lowest BCUT2D eigenvalue weighted by Crippen LogP contribution is -2.17. The average Bonchev–Trinajstić information content (AvgIpc) is 2.74. The number of ether oxygens (including phenoxy) is 1. The predicted molar refractivity (Wildman–Crippen MR) is 118 cm³/mol. The number of hydrogen-bond donors (Lipinski definition) is 4. The monoisotopic (exact) mass is 461 g/mol. The summed E-state index contributed by atoms with van der Waals surface area (Å²) in [6.45, 7) is 1.80. The number of alkyl halides is 3. The van der Waals surface area contributed by atoms with Crippen LogP contribution in [0.3, 0.4) is 0 Å². The number of halogens is 3. The minimum atomic E-state index is -4.81. The third kappa shape index (κ3) is 7.65. The summed E-state index contributed by atoms with van der Waals surface area (Å²) in [5, 5.41) is 17.8. The van der Waals surface area contributed by atoms with E-state index in [1.54, 1.807) is 36.4 Å². The van der Waals surface area contributed by atoms with Gasteiger partial charge in [0.15, 0.2) is 0 Å². The summed E-state index contributed by atoms with van der Waals surface area (Å²) in [6, 6.07) is 14.0. The summed E-state index contributed by atoms with van der Waals surface area (Å²) < 4.78 is 41.8. The van der Waals surface area contributed by atoms with Crippen LogP contribution in [-0.2, 0) is 4.79 Å². The molecule has 174 valence electrons. The van der Waals surface area contributed by atoms with Crippen molar-refractivity contribution in [3.8, 4) is 17.0 Å². The molecule has 0 saturated heterocycles. The normalized spacial score (nSPS) is 11.1. The second-order valence-electron chi connectivity index (χ2n) is 6.93. The maximum Gasteiger partial charge on any atom is 0.573 e. The second-order valence-corrected chi connectivity index (χ2v) is 6.93. The molecular weight excluding hydrogens is 439 g/mol. The van der Waals surface area contributed by atoms with Crippen LogP contribution < -0.4 is 20.7 Å². The lowest BCUT2D eigenvalue weighted by molar-refractivity contribution is -0.274. The van der Waals surface area contributed by atoms with Crippen molar-refractivity contribution in [2.75, 3.05) is 29.1 Å². The third-order valence-corrected chi connectivity index (χ3v) is 4.19. The van der Waals surface area contributed by atoms with E-state index in [1.807, 2.05) is 0 Å². The van der Waals surface area contributed by atoms with E-state index in [9.17, 15) is 18.0 Å². The molecule has 0 spiro atoms. The molecule has 0 saturated carbocycles. The summed E-state index contributed by atoms with van der Waals surface area (Å²) in [7, 11) is 0. The van der Waals surface area contributed by atoms with Crippen LogP contribution in [0.25, 0.3) is 11.3 Å². The molecule has 1 aromatic heterocycles. The predicted octanol–water partition coefficient (Wildman–Crippen LogP) is 4.54. The van der Waals surface area contributed by atoms with Crippen molar-refractivity contribution >= 4 is 29.0 Å². The molecule has 11 heteroatoms. The van der Waals surface area contributed by atoms with Crippen molar-refractivity contribution in [1.29, 1.82) is 0 Å². The van der Waals surface area contributed by atoms with E-state index in [-0.39, 0.29) is 24.2 Å². The summed E-state index contributed by atoms with van der Waals surface area (Å²) in [6.07, 6.45) is -4.34. The number of aliphatic hydroxyl groups excluding tert-OH is 1. The zero-order valence-corrected chi connectivity index (χ0v) is 17.6. The first-order chi connectivity index (χ1) is 15.7. The standard InChI is InChI=1S/C22H22F3N5O3/c1-14(32)27-16-6-8-17(9-7-16)28-20-13-19(29-21(30-20)26-10-3-11-31)15-4-2-5-18(12-15)33-22(23,24)25/h2,4-9,12-13,31H,3,10-11H2,1H3,(H,27,32)(H2,26,28,29,30). The van der Waals surface area contributed by atoms with Gasteiger partial charge in [0.25, 0.3) is 0 Å². The Labute approximate surface area is 187 Å². The Bertz CT molecular complexity index is 1090. The molecule has 4 N–H and O–H groups in total. The Morgan fingerprint density at radius 1 is 1.06 bits per heavy atom. The first-order valence-corrected chi connectivity index (χ1v) is 9.96. The molecule has 8 nitrogen and oxygen atoms in total. The van der Waals surface area contributed by atoms with E-state index in [2.05, 4.69) is 30.7 Å². The third-order valence-electron chi connectivity index (χ3n) is 4.19. The van der Waals surface area contributed by atoms with Crippen molar-refractivity contribution in [3.05, 3.63) is 54.6 Å². The van der Waals surface area contributed by atoms with E-state index < -0.39 is 6.36 Å². The van der Waals surface area contributed by atoms with E-state index in [0.29, 0.717) is 41.4 Å². The zero-order chi connectivity index (χ0) is 23.8. The van der Waals surface area contributed by atoms with Crippen molar-refractivity contribution in [3.63, 3.8) is 0 Å². The van der Waals surface area contributed by atoms with Gasteiger partial charge in [0.2, 0.25) is 11.9 Å². The Balaban J connectivity index is 1.89. The fourth-order valence-corrected chi connectivity index (χ4v) is 2.86. The van der Waals surface area contributed by atoms with Gasteiger partial charge in [-0.25, -0.2) is 4.98 Å². The minimum Gasteiger partial charge on any atom is -0.406 e. The highest BCUT2D eigenvalue weighted by Crippen LogP contribution is 2.29. The molecule has 2 aromatic carbocycles. The van der Waals surface area contributed by atoms with Gasteiger partial charge < -0.3 is 25.8 Å². The van der Waals surface area contributed by atoms with Crippen LogP contribution >= 0.6 is 0 Å². The number of aliphatic hydroxyl groups is 1. The van der Waals surface area contributed by atoms with E-state index >= 15 is 0 Å². The molecule has 3 rings (SSSR count). The molecule has 0 aliphatic rings. The average molecular weight is 461 g/mol. The van der Waals surface area contributed by atoms with Gasteiger partial charge in [0, 0.05) is 43.1 Å². The van der Waals surface area contributed by atoms with Gasteiger partial charge in [0.05, 0.1) is 5.69 Å². The quantitative estimate of drug-likeness (QED) is 0.347. The van der Waals surface area contributed by atoms with Crippen LogP contribution in [0.15, 0.2) is 54.6 Å². The van der Waals surface area contributed by atoms with E-state index in [0.717, 1.165) is 0 Å². The Hall–Kier alpha value is -3.86. The maximum atomic E-state index is 12.6. The maximum absolute atomic E-state index is 12.6. The molecule has 1 heterocycles. The molecule has 0 radical (unpaired) electrons. The zero-order valence-electron chi connectivity index (χ0n) is 17.6. The molecule has 0 unspecified atom stereocenters. The van der Waals surface area contributed by atoms with Gasteiger partial charge in [-0.1, -0.05) is 12.1 Å². The number of anilines is 4. The van der Waals surface area contributed by atoms with Gasteiger partial charge in [-0.05, 0) is 42.8 Å². The van der Waals surface area contributed by atoms with Crippen molar-refractivity contribution in [1.82, 2.24) is 9.97 Å². The molecule has 1 amide bonds. The molecule has 0 aliphatic carbocycles. The van der Waals surface area contributed by atoms with E-state index in [4.69, 9.17) is 5.11 Å². The summed E-state index contributed by atoms with van der Waals surface area (Å²) in [4.78, 5) is 19.9. The Morgan fingerprint density at radius 2 is 1.79 bits per heavy atom. The fraction of sp³-hybridized carbons (Fsp3) is 0.227. The molecule has 0 atom stereocenters. The van der Waals surface area contributed by atoms with Gasteiger partial charge >= 0.3 is 6.36 Å². The van der Waals surface area contributed by atoms with Gasteiger partial charge in [-0.15, -0.1) is 13.2 Å². The molecule has 3 aromatic rings. The van der Waals surface area contributed by atoms with Crippen LogP contribution in [0, 0.1) is 0 Å². The Kier molecular flexibility index (Phi) is 7.67. The van der Waals surface area contributed by atoms with Crippen LogP contribution in [0.2, 0.25) is 0 Å². The number of amides is 1. The summed E-state index contributed by atoms with van der Waals surface area (Å²) >= 11 is 0. The first kappa shape index (κ1) is 23.8. The molecule has 33 heavy (non-hydrogen) atoms. The number of hydrogen-bond acceptors (Lipinski definition) is 7. The number of carbonyl (C=O) groups excluding carboxylic acids is 1. The summed E-state index contributed by atoms with van der Waals surface area (Å²) in [5.74, 6) is 0.0735. The molecular formula is C22H22F3N5O3. The minimum absolute atomic E-state index is 0.0186. The highest BCUT2D eigenvalue weighted by atomic mass is 19.4. The van der Waals surface area contributed by atoms with Gasteiger partial charge in [-0.3, -0.25) is 4.79 Å². The van der Waals surface area contributed by atoms with Crippen LogP contribution in [0.4, 0.5) is 36.3 Å². The van der Waals surface area contributed by atoms with Gasteiger partial charge in [0.1, 0.15) is 11.6 Å². The molecule has 0 fully saturated rings. The number of nitrogens with one attached hydrogen (secondary N) is 3. The summed E-state index contributed by atoms with van der Waals surface area (Å²) in [5.41, 5.74) is 2.06. The number of benzene rings is 2. The van der Waals surface area contributed by atoms with Crippen molar-refractivity contribution in [2.24, 2.45) is 0 Å². The molecule has 0 aliphatic heterocycles. The number of carbonyl (C=O) groups is 1. The largest absolute Gasteiger partial charge is 0.573 e. The highest BCUT2D eigenvalue weighted by molar-refractivity contribution is 5.88.